The molecule has 0 spiro atoms. The summed E-state index contributed by atoms with van der Waals surface area (Å²) in [6, 6.07) is 8.37. The Hall–Kier alpha value is -3.22. The smallest absolute Gasteiger partial charge is 0.255 e. The number of carbonyl (C=O) groups excluding carboxylic acids is 1. The van der Waals surface area contributed by atoms with E-state index in [0.717, 1.165) is 48.2 Å². The van der Waals surface area contributed by atoms with Crippen LogP contribution in [-0.2, 0) is 0 Å². The number of anilines is 3. The number of pyridine rings is 3. The third-order valence-corrected chi connectivity index (χ3v) is 6.18. The molecule has 31 heavy (non-hydrogen) atoms. The first-order valence-corrected chi connectivity index (χ1v) is 11.2. The van der Waals surface area contributed by atoms with Crippen LogP contribution in [-0.4, -0.2) is 32.9 Å². The van der Waals surface area contributed by atoms with Crippen LogP contribution in [0.4, 0.5) is 17.3 Å². The van der Waals surface area contributed by atoms with Gasteiger partial charge < -0.3 is 16.0 Å². The van der Waals surface area contributed by atoms with E-state index in [1.54, 1.807) is 18.6 Å². The van der Waals surface area contributed by atoms with Crippen molar-refractivity contribution in [3.63, 3.8) is 0 Å². The number of nitrogens with one attached hydrogen (secondary N) is 3. The molecular formula is C24H28N6O. The highest BCUT2D eigenvalue weighted by molar-refractivity contribution is 6.00. The van der Waals surface area contributed by atoms with Crippen LogP contribution in [0.5, 0.6) is 0 Å². The van der Waals surface area contributed by atoms with Crippen LogP contribution in [0.25, 0.3) is 10.9 Å². The zero-order chi connectivity index (χ0) is 21.2. The van der Waals surface area contributed by atoms with E-state index in [9.17, 15) is 4.79 Å². The summed E-state index contributed by atoms with van der Waals surface area (Å²) in [6.45, 7) is 2.28. The Morgan fingerprint density at radius 1 is 0.968 bits per heavy atom. The molecule has 0 aliphatic heterocycles. The van der Waals surface area contributed by atoms with Crippen LogP contribution in [0.15, 0.2) is 42.9 Å². The number of amides is 1. The van der Waals surface area contributed by atoms with Crippen LogP contribution in [0.1, 0.15) is 55.8 Å². The number of hydrogen-bond acceptors (Lipinski definition) is 6. The highest BCUT2D eigenvalue weighted by Crippen LogP contribution is 2.30. The molecule has 3 N–H and O–H groups in total. The van der Waals surface area contributed by atoms with Crippen LogP contribution in [0.2, 0.25) is 0 Å². The average molecular weight is 417 g/mol. The molecule has 3 aromatic heterocycles. The SMILES string of the molecule is C[C@H]1CC[C@H](NC(=O)c2cnc(Nc3ccc4cnccc4n3)cc2NC2CC2)CC1. The third kappa shape index (κ3) is 4.76. The summed E-state index contributed by atoms with van der Waals surface area (Å²) < 4.78 is 0. The maximum absolute atomic E-state index is 13.0. The summed E-state index contributed by atoms with van der Waals surface area (Å²) in [7, 11) is 0. The van der Waals surface area contributed by atoms with Crippen molar-refractivity contribution in [2.75, 3.05) is 10.6 Å². The lowest BCUT2D eigenvalue weighted by Crippen LogP contribution is -2.37. The Balaban J connectivity index is 1.34. The molecule has 0 atom stereocenters. The minimum Gasteiger partial charge on any atom is -0.382 e. The maximum Gasteiger partial charge on any atom is 0.255 e. The van der Waals surface area contributed by atoms with Gasteiger partial charge in [-0.15, -0.1) is 0 Å². The normalized spacial score (nSPS) is 20.9. The molecule has 2 saturated carbocycles. The van der Waals surface area contributed by atoms with Gasteiger partial charge in [0.25, 0.3) is 5.91 Å². The van der Waals surface area contributed by atoms with Crippen LogP contribution >= 0.6 is 0 Å². The molecule has 0 unspecified atom stereocenters. The Bertz CT molecular complexity index is 1090. The minimum absolute atomic E-state index is 0.0434. The summed E-state index contributed by atoms with van der Waals surface area (Å²) in [5.41, 5.74) is 2.30. The van der Waals surface area contributed by atoms with E-state index in [4.69, 9.17) is 0 Å². The van der Waals surface area contributed by atoms with Gasteiger partial charge in [-0.05, 0) is 62.6 Å². The van der Waals surface area contributed by atoms with Crippen molar-refractivity contribution in [3.05, 3.63) is 48.4 Å². The molecule has 7 heteroatoms. The fraction of sp³-hybridized carbons (Fsp3) is 0.417. The molecule has 7 nitrogen and oxygen atoms in total. The molecule has 0 saturated heterocycles. The highest BCUT2D eigenvalue weighted by atomic mass is 16.1. The summed E-state index contributed by atoms with van der Waals surface area (Å²) >= 11 is 0. The van der Waals surface area contributed by atoms with Gasteiger partial charge in [0.15, 0.2) is 0 Å². The van der Waals surface area contributed by atoms with Crippen LogP contribution in [0, 0.1) is 5.92 Å². The first-order valence-electron chi connectivity index (χ1n) is 11.2. The van der Waals surface area contributed by atoms with E-state index in [0.29, 0.717) is 23.2 Å². The Morgan fingerprint density at radius 3 is 2.58 bits per heavy atom. The lowest BCUT2D eigenvalue weighted by atomic mass is 9.87. The van der Waals surface area contributed by atoms with E-state index >= 15 is 0 Å². The van der Waals surface area contributed by atoms with Gasteiger partial charge in [0, 0.05) is 42.1 Å². The van der Waals surface area contributed by atoms with Gasteiger partial charge in [-0.1, -0.05) is 6.92 Å². The second kappa shape index (κ2) is 8.49. The fourth-order valence-electron chi connectivity index (χ4n) is 4.11. The number of hydrogen-bond donors (Lipinski definition) is 3. The molecule has 160 valence electrons. The first-order chi connectivity index (χ1) is 15.1. The van der Waals surface area contributed by atoms with E-state index < -0.39 is 0 Å². The maximum atomic E-state index is 13.0. The van der Waals surface area contributed by atoms with Gasteiger partial charge in [0.05, 0.1) is 16.8 Å². The van der Waals surface area contributed by atoms with Gasteiger partial charge in [-0.3, -0.25) is 9.78 Å². The van der Waals surface area contributed by atoms with Crippen molar-refractivity contribution in [1.29, 1.82) is 0 Å². The van der Waals surface area contributed by atoms with Crippen molar-refractivity contribution < 1.29 is 4.79 Å². The van der Waals surface area contributed by atoms with Crippen molar-refractivity contribution >= 4 is 34.1 Å². The second-order valence-electron chi connectivity index (χ2n) is 8.85. The molecule has 0 aromatic carbocycles. The van der Waals surface area contributed by atoms with Gasteiger partial charge in [-0.2, -0.15) is 0 Å². The molecule has 0 radical (unpaired) electrons. The fourth-order valence-corrected chi connectivity index (χ4v) is 4.11. The number of fused-ring (bicyclic) bond motifs is 1. The first kappa shape index (κ1) is 19.7. The molecular weight excluding hydrogens is 388 g/mol. The molecule has 2 fully saturated rings. The Labute approximate surface area is 182 Å². The lowest BCUT2D eigenvalue weighted by Gasteiger charge is -2.27. The third-order valence-electron chi connectivity index (χ3n) is 6.18. The average Bonchev–Trinajstić information content (AvgIpc) is 3.59. The van der Waals surface area contributed by atoms with Crippen LogP contribution in [0.3, 0.4) is 0 Å². The monoisotopic (exact) mass is 416 g/mol. The number of rotatable bonds is 6. The Kier molecular flexibility index (Phi) is 5.40. The number of nitrogens with zero attached hydrogens (tertiary/aromatic N) is 3. The molecule has 3 heterocycles. The Morgan fingerprint density at radius 2 is 1.77 bits per heavy atom. The minimum atomic E-state index is -0.0434. The standard InChI is InChI=1S/C24H28N6O/c1-15-2-5-18(6-3-15)28-24(31)19-14-26-23(12-21(19)27-17-7-8-17)30-22-9-4-16-13-25-11-10-20(16)29-22/h4,9-15,17-18H,2-3,5-8H2,1H3,(H,28,31)(H2,26,27,29,30)/t15-,18-. The van der Waals surface area contributed by atoms with Gasteiger partial charge in [0.1, 0.15) is 11.6 Å². The lowest BCUT2D eigenvalue weighted by molar-refractivity contribution is 0.0923. The van der Waals surface area contributed by atoms with Gasteiger partial charge in [-0.25, -0.2) is 9.97 Å². The van der Waals surface area contributed by atoms with Crippen molar-refractivity contribution in [3.8, 4) is 0 Å². The van der Waals surface area contributed by atoms with Crippen LogP contribution < -0.4 is 16.0 Å². The molecule has 3 aromatic rings. The largest absolute Gasteiger partial charge is 0.382 e. The van der Waals surface area contributed by atoms with Gasteiger partial charge >= 0.3 is 0 Å². The summed E-state index contributed by atoms with van der Waals surface area (Å²) in [4.78, 5) is 26.3. The predicted molar refractivity (Wildman–Crippen MR) is 123 cm³/mol. The zero-order valence-electron chi connectivity index (χ0n) is 17.8. The number of carbonyl (C=O) groups is 1. The quantitative estimate of drug-likeness (QED) is 0.542. The number of aromatic nitrogens is 3. The van der Waals surface area contributed by atoms with E-state index in [1.807, 2.05) is 24.3 Å². The molecule has 2 aliphatic rings. The summed E-state index contributed by atoms with van der Waals surface area (Å²) in [5.74, 6) is 2.08. The molecule has 0 bridgehead atoms. The predicted octanol–water partition coefficient (Wildman–Crippen LogP) is 4.65. The van der Waals surface area contributed by atoms with Crippen molar-refractivity contribution in [2.45, 2.75) is 57.5 Å². The van der Waals surface area contributed by atoms with Gasteiger partial charge in [0.2, 0.25) is 0 Å². The van der Waals surface area contributed by atoms with E-state index in [1.165, 1.54) is 12.8 Å². The highest BCUT2D eigenvalue weighted by Gasteiger charge is 2.26. The summed E-state index contributed by atoms with van der Waals surface area (Å²) in [6.07, 6.45) is 11.9. The van der Waals surface area contributed by atoms with E-state index in [2.05, 4.69) is 37.8 Å². The van der Waals surface area contributed by atoms with E-state index in [-0.39, 0.29) is 11.9 Å². The second-order valence-corrected chi connectivity index (χ2v) is 8.85. The summed E-state index contributed by atoms with van der Waals surface area (Å²) in [5, 5.41) is 11.0. The van der Waals surface area contributed by atoms with Crippen molar-refractivity contribution in [1.82, 2.24) is 20.3 Å². The molecule has 1 amide bonds. The zero-order valence-corrected chi connectivity index (χ0v) is 17.8. The topological polar surface area (TPSA) is 91.8 Å². The molecule has 2 aliphatic carbocycles. The molecule has 5 rings (SSSR count). The van der Waals surface area contributed by atoms with Crippen molar-refractivity contribution in [2.24, 2.45) is 5.92 Å².